The Bertz CT molecular complexity index is 1240. The molecule has 7 heteroatoms. The second-order valence-corrected chi connectivity index (χ2v) is 6.25. The SMILES string of the molecule is C=CC(=O)Nc1ccc(-c2cc(-c3cnn(C)c3)cc3ncc(C#N)n23)cc1. The van der Waals surface area contributed by atoms with Crippen LogP contribution in [0.25, 0.3) is 28.0 Å². The van der Waals surface area contributed by atoms with Crippen molar-refractivity contribution in [2.75, 3.05) is 5.32 Å². The number of aromatic nitrogens is 4. The van der Waals surface area contributed by atoms with Crippen molar-refractivity contribution in [1.82, 2.24) is 19.2 Å². The Labute approximate surface area is 161 Å². The van der Waals surface area contributed by atoms with Crippen LogP contribution in [-0.2, 0) is 11.8 Å². The van der Waals surface area contributed by atoms with Crippen LogP contribution in [-0.4, -0.2) is 25.1 Å². The first kappa shape index (κ1) is 17.2. The Morgan fingerprint density at radius 3 is 2.61 bits per heavy atom. The first-order valence-electron chi connectivity index (χ1n) is 8.53. The van der Waals surface area contributed by atoms with Gasteiger partial charge in [-0.05, 0) is 41.5 Å². The molecule has 4 aromatic rings. The highest BCUT2D eigenvalue weighted by Gasteiger charge is 2.13. The minimum atomic E-state index is -0.268. The maximum absolute atomic E-state index is 11.5. The van der Waals surface area contributed by atoms with Gasteiger partial charge in [-0.2, -0.15) is 10.4 Å². The third-order valence-electron chi connectivity index (χ3n) is 4.39. The number of benzene rings is 1. The van der Waals surface area contributed by atoms with Gasteiger partial charge in [-0.15, -0.1) is 0 Å². The van der Waals surface area contributed by atoms with E-state index in [9.17, 15) is 10.1 Å². The number of rotatable bonds is 4. The van der Waals surface area contributed by atoms with E-state index in [0.717, 1.165) is 22.4 Å². The van der Waals surface area contributed by atoms with Crippen molar-refractivity contribution < 1.29 is 4.79 Å². The number of carbonyl (C=O) groups is 1. The molecule has 0 aliphatic carbocycles. The lowest BCUT2D eigenvalue weighted by molar-refractivity contribution is -0.111. The average molecular weight is 368 g/mol. The summed E-state index contributed by atoms with van der Waals surface area (Å²) < 4.78 is 3.56. The Morgan fingerprint density at radius 2 is 1.96 bits per heavy atom. The van der Waals surface area contributed by atoms with Gasteiger partial charge in [0.25, 0.3) is 0 Å². The van der Waals surface area contributed by atoms with E-state index in [4.69, 9.17) is 0 Å². The van der Waals surface area contributed by atoms with E-state index in [1.807, 2.05) is 54.0 Å². The molecule has 136 valence electrons. The fourth-order valence-corrected chi connectivity index (χ4v) is 3.06. The molecule has 28 heavy (non-hydrogen) atoms. The average Bonchev–Trinajstić information content (AvgIpc) is 3.33. The summed E-state index contributed by atoms with van der Waals surface area (Å²) in [4.78, 5) is 15.9. The van der Waals surface area contributed by atoms with Crippen molar-refractivity contribution in [3.63, 3.8) is 0 Å². The van der Waals surface area contributed by atoms with Gasteiger partial charge in [0.15, 0.2) is 0 Å². The van der Waals surface area contributed by atoms with Crippen LogP contribution in [0.4, 0.5) is 5.69 Å². The van der Waals surface area contributed by atoms with Crippen LogP contribution in [0.15, 0.2) is 67.6 Å². The molecule has 3 heterocycles. The predicted octanol–water partition coefficient (Wildman–Crippen LogP) is 3.40. The van der Waals surface area contributed by atoms with Crippen molar-refractivity contribution in [1.29, 1.82) is 5.26 Å². The number of hydrogen-bond acceptors (Lipinski definition) is 4. The smallest absolute Gasteiger partial charge is 0.247 e. The Hall–Kier alpha value is -4.18. The number of pyridine rings is 1. The van der Waals surface area contributed by atoms with E-state index < -0.39 is 0 Å². The molecule has 7 nitrogen and oxygen atoms in total. The molecule has 3 aromatic heterocycles. The molecule has 0 bridgehead atoms. The molecule has 1 aromatic carbocycles. The Morgan fingerprint density at radius 1 is 1.18 bits per heavy atom. The number of anilines is 1. The third-order valence-corrected chi connectivity index (χ3v) is 4.39. The number of imidazole rings is 1. The van der Waals surface area contributed by atoms with Gasteiger partial charge in [0, 0.05) is 24.5 Å². The second-order valence-electron chi connectivity index (χ2n) is 6.25. The molecule has 0 saturated carbocycles. The quantitative estimate of drug-likeness (QED) is 0.559. The maximum atomic E-state index is 11.5. The Kier molecular flexibility index (Phi) is 4.22. The van der Waals surface area contributed by atoms with Crippen molar-refractivity contribution >= 4 is 17.2 Å². The molecule has 0 spiro atoms. The van der Waals surface area contributed by atoms with Crippen molar-refractivity contribution in [2.45, 2.75) is 0 Å². The number of carbonyl (C=O) groups excluding carboxylic acids is 1. The first-order valence-corrected chi connectivity index (χ1v) is 8.53. The van der Waals surface area contributed by atoms with Gasteiger partial charge < -0.3 is 5.32 Å². The lowest BCUT2D eigenvalue weighted by Gasteiger charge is -2.11. The molecule has 0 radical (unpaired) electrons. The van der Waals surface area contributed by atoms with Crippen molar-refractivity contribution in [3.05, 3.63) is 73.3 Å². The van der Waals surface area contributed by atoms with Crippen LogP contribution in [0, 0.1) is 11.3 Å². The summed E-state index contributed by atoms with van der Waals surface area (Å²) >= 11 is 0. The van der Waals surface area contributed by atoms with E-state index in [0.29, 0.717) is 17.0 Å². The summed E-state index contributed by atoms with van der Waals surface area (Å²) in [5, 5.41) is 16.4. The highest BCUT2D eigenvalue weighted by molar-refractivity contribution is 5.99. The van der Waals surface area contributed by atoms with Gasteiger partial charge in [-0.25, -0.2) is 4.98 Å². The maximum Gasteiger partial charge on any atom is 0.247 e. The second kappa shape index (κ2) is 6.85. The van der Waals surface area contributed by atoms with Crippen molar-refractivity contribution in [3.8, 4) is 28.5 Å². The number of amides is 1. The highest BCUT2D eigenvalue weighted by atomic mass is 16.1. The molecule has 0 atom stereocenters. The van der Waals surface area contributed by atoms with Gasteiger partial charge in [0.2, 0.25) is 5.91 Å². The van der Waals surface area contributed by atoms with Crippen molar-refractivity contribution in [2.24, 2.45) is 7.05 Å². The fourth-order valence-electron chi connectivity index (χ4n) is 3.06. The largest absolute Gasteiger partial charge is 0.323 e. The van der Waals surface area contributed by atoms with Gasteiger partial charge >= 0.3 is 0 Å². The molecular weight excluding hydrogens is 352 g/mol. The van der Waals surface area contributed by atoms with Crippen LogP contribution in [0.2, 0.25) is 0 Å². The summed E-state index contributed by atoms with van der Waals surface area (Å²) in [5.41, 5.74) is 5.43. The minimum Gasteiger partial charge on any atom is -0.323 e. The van der Waals surface area contributed by atoms with Gasteiger partial charge in [0.05, 0.1) is 18.1 Å². The molecule has 0 saturated heterocycles. The molecule has 1 N–H and O–H groups in total. The topological polar surface area (TPSA) is 88.0 Å². The molecule has 1 amide bonds. The summed E-state index contributed by atoms with van der Waals surface area (Å²) in [6.07, 6.45) is 6.50. The minimum absolute atomic E-state index is 0.268. The third kappa shape index (κ3) is 3.04. The molecular formula is C21H16N6O. The van der Waals surface area contributed by atoms with Crippen LogP contribution >= 0.6 is 0 Å². The fraction of sp³-hybridized carbons (Fsp3) is 0.0476. The Balaban J connectivity index is 1.86. The highest BCUT2D eigenvalue weighted by Crippen LogP contribution is 2.30. The zero-order valence-electron chi connectivity index (χ0n) is 15.1. The lowest BCUT2D eigenvalue weighted by atomic mass is 10.0. The van der Waals surface area contributed by atoms with Gasteiger partial charge in [0.1, 0.15) is 17.4 Å². The first-order chi connectivity index (χ1) is 13.6. The number of nitrogens with one attached hydrogen (secondary N) is 1. The van der Waals surface area contributed by atoms with Crippen LogP contribution in [0.1, 0.15) is 5.69 Å². The zero-order valence-corrected chi connectivity index (χ0v) is 15.1. The van der Waals surface area contributed by atoms with Gasteiger partial charge in [-0.1, -0.05) is 18.7 Å². The number of nitriles is 1. The van der Waals surface area contributed by atoms with E-state index >= 15 is 0 Å². The molecule has 0 unspecified atom stereocenters. The zero-order chi connectivity index (χ0) is 19.7. The van der Waals surface area contributed by atoms with Crippen LogP contribution < -0.4 is 5.32 Å². The van der Waals surface area contributed by atoms with E-state index in [1.165, 1.54) is 6.08 Å². The summed E-state index contributed by atoms with van der Waals surface area (Å²) in [6, 6.07) is 13.5. The number of aryl methyl sites for hydroxylation is 1. The summed E-state index contributed by atoms with van der Waals surface area (Å²) in [7, 11) is 1.86. The summed E-state index contributed by atoms with van der Waals surface area (Å²) in [6.45, 7) is 3.45. The van der Waals surface area contributed by atoms with Crippen LogP contribution in [0.3, 0.4) is 0 Å². The van der Waals surface area contributed by atoms with E-state index in [2.05, 4.69) is 28.0 Å². The normalized spacial score (nSPS) is 10.6. The predicted molar refractivity (Wildman–Crippen MR) is 106 cm³/mol. The molecule has 0 aliphatic heterocycles. The summed E-state index contributed by atoms with van der Waals surface area (Å²) in [5.74, 6) is -0.268. The number of hydrogen-bond donors (Lipinski definition) is 1. The number of nitrogens with zero attached hydrogens (tertiary/aromatic N) is 5. The van der Waals surface area contributed by atoms with Crippen LogP contribution in [0.5, 0.6) is 0 Å². The van der Waals surface area contributed by atoms with Gasteiger partial charge in [-0.3, -0.25) is 13.9 Å². The number of fused-ring (bicyclic) bond motifs is 1. The standard InChI is InChI=1S/C21H16N6O/c1-3-21(28)25-17-6-4-14(5-7-17)19-8-15(16-11-24-26(2)13-16)9-20-23-12-18(10-22)27(19)20/h3-9,11-13H,1H2,2H3,(H,25,28). The monoisotopic (exact) mass is 368 g/mol. The lowest BCUT2D eigenvalue weighted by Crippen LogP contribution is -2.06. The molecule has 4 rings (SSSR count). The van der Waals surface area contributed by atoms with E-state index in [1.54, 1.807) is 17.1 Å². The molecule has 0 aliphatic rings. The van der Waals surface area contributed by atoms with E-state index in [-0.39, 0.29) is 5.91 Å². The molecule has 0 fully saturated rings.